The molecule has 1 aliphatic carbocycles. The number of fused-ring (bicyclic) bond motifs is 1. The van der Waals surface area contributed by atoms with Crippen molar-refractivity contribution in [3.63, 3.8) is 0 Å². The van der Waals surface area contributed by atoms with Crippen LogP contribution in [0.15, 0.2) is 18.2 Å². The van der Waals surface area contributed by atoms with E-state index in [4.69, 9.17) is 9.47 Å². The molecule has 0 saturated carbocycles. The van der Waals surface area contributed by atoms with Gasteiger partial charge in [-0.2, -0.15) is 0 Å². The van der Waals surface area contributed by atoms with Crippen LogP contribution in [0.2, 0.25) is 0 Å². The Labute approximate surface area is 102 Å². The molecule has 3 heteroatoms. The number of hydrogen-bond donors (Lipinski definition) is 0. The summed E-state index contributed by atoms with van der Waals surface area (Å²) >= 11 is 0. The molecule has 2 rings (SSSR count). The Morgan fingerprint density at radius 1 is 1.29 bits per heavy atom. The molecule has 0 N–H and O–H groups in total. The SMILES string of the molecule is CCOC(=O)CCOc1ccc2c(c1)CCC2. The molecule has 0 saturated heterocycles. The average molecular weight is 234 g/mol. The number of carbonyl (C=O) groups excluding carboxylic acids is 1. The van der Waals surface area contributed by atoms with E-state index in [1.165, 1.54) is 24.0 Å². The topological polar surface area (TPSA) is 35.5 Å². The molecule has 92 valence electrons. The van der Waals surface area contributed by atoms with Crippen molar-refractivity contribution in [1.82, 2.24) is 0 Å². The normalized spacial score (nSPS) is 13.2. The maximum atomic E-state index is 11.1. The maximum Gasteiger partial charge on any atom is 0.309 e. The Morgan fingerprint density at radius 3 is 2.94 bits per heavy atom. The zero-order valence-corrected chi connectivity index (χ0v) is 10.2. The zero-order valence-electron chi connectivity index (χ0n) is 10.2. The first-order valence-electron chi connectivity index (χ1n) is 6.20. The molecule has 0 unspecified atom stereocenters. The summed E-state index contributed by atoms with van der Waals surface area (Å²) in [4.78, 5) is 11.1. The fourth-order valence-corrected chi connectivity index (χ4v) is 2.12. The maximum absolute atomic E-state index is 11.1. The van der Waals surface area contributed by atoms with E-state index in [2.05, 4.69) is 12.1 Å². The third-order valence-electron chi connectivity index (χ3n) is 2.95. The Kier molecular flexibility index (Phi) is 4.02. The Hall–Kier alpha value is -1.51. The highest BCUT2D eigenvalue weighted by Crippen LogP contribution is 2.25. The summed E-state index contributed by atoms with van der Waals surface area (Å²) in [6, 6.07) is 6.20. The molecule has 0 amide bonds. The third kappa shape index (κ3) is 3.22. The number of carbonyl (C=O) groups is 1. The average Bonchev–Trinajstić information content (AvgIpc) is 2.76. The van der Waals surface area contributed by atoms with Gasteiger partial charge in [0.15, 0.2) is 0 Å². The largest absolute Gasteiger partial charge is 0.493 e. The molecular weight excluding hydrogens is 216 g/mol. The van der Waals surface area contributed by atoms with E-state index in [-0.39, 0.29) is 5.97 Å². The van der Waals surface area contributed by atoms with Crippen LogP contribution in [0.5, 0.6) is 5.75 Å². The third-order valence-corrected chi connectivity index (χ3v) is 2.95. The monoisotopic (exact) mass is 234 g/mol. The second kappa shape index (κ2) is 5.71. The van der Waals surface area contributed by atoms with Gasteiger partial charge in [0.05, 0.1) is 19.6 Å². The van der Waals surface area contributed by atoms with E-state index in [0.717, 1.165) is 12.2 Å². The van der Waals surface area contributed by atoms with Gasteiger partial charge in [-0.05, 0) is 49.4 Å². The first-order valence-corrected chi connectivity index (χ1v) is 6.20. The summed E-state index contributed by atoms with van der Waals surface area (Å²) in [5.41, 5.74) is 2.82. The number of rotatable bonds is 5. The fourth-order valence-electron chi connectivity index (χ4n) is 2.12. The predicted molar refractivity (Wildman–Crippen MR) is 65.2 cm³/mol. The van der Waals surface area contributed by atoms with Crippen LogP contribution < -0.4 is 4.74 Å². The van der Waals surface area contributed by atoms with E-state index in [9.17, 15) is 4.79 Å². The minimum absolute atomic E-state index is 0.200. The van der Waals surface area contributed by atoms with E-state index in [0.29, 0.717) is 19.6 Å². The summed E-state index contributed by atoms with van der Waals surface area (Å²) in [6.07, 6.45) is 3.87. The lowest BCUT2D eigenvalue weighted by molar-refractivity contribution is -0.143. The van der Waals surface area contributed by atoms with Crippen LogP contribution in [-0.4, -0.2) is 19.2 Å². The molecule has 0 bridgehead atoms. The van der Waals surface area contributed by atoms with Crippen molar-refractivity contribution < 1.29 is 14.3 Å². The predicted octanol–water partition coefficient (Wildman–Crippen LogP) is 2.51. The molecule has 0 heterocycles. The zero-order chi connectivity index (χ0) is 12.1. The quantitative estimate of drug-likeness (QED) is 0.734. The lowest BCUT2D eigenvalue weighted by Crippen LogP contribution is -2.09. The van der Waals surface area contributed by atoms with Gasteiger partial charge in [-0.25, -0.2) is 0 Å². The summed E-state index contributed by atoms with van der Waals surface area (Å²) in [7, 11) is 0. The van der Waals surface area contributed by atoms with Crippen LogP contribution in [0.4, 0.5) is 0 Å². The van der Waals surface area contributed by atoms with Crippen molar-refractivity contribution in [3.8, 4) is 5.75 Å². The molecule has 1 aliphatic rings. The highest BCUT2D eigenvalue weighted by atomic mass is 16.5. The van der Waals surface area contributed by atoms with E-state index < -0.39 is 0 Å². The number of benzene rings is 1. The lowest BCUT2D eigenvalue weighted by Gasteiger charge is -2.07. The van der Waals surface area contributed by atoms with Gasteiger partial charge in [-0.1, -0.05) is 6.07 Å². The van der Waals surface area contributed by atoms with Crippen LogP contribution in [0, 0.1) is 0 Å². The van der Waals surface area contributed by atoms with Crippen molar-refractivity contribution >= 4 is 5.97 Å². The Balaban J connectivity index is 1.81. The van der Waals surface area contributed by atoms with Gasteiger partial charge in [-0.3, -0.25) is 4.79 Å². The summed E-state index contributed by atoms with van der Waals surface area (Å²) < 4.78 is 10.4. The molecule has 0 radical (unpaired) electrons. The molecule has 0 aliphatic heterocycles. The second-order valence-corrected chi connectivity index (χ2v) is 4.19. The Morgan fingerprint density at radius 2 is 2.12 bits per heavy atom. The molecule has 0 aromatic heterocycles. The van der Waals surface area contributed by atoms with Crippen LogP contribution >= 0.6 is 0 Å². The van der Waals surface area contributed by atoms with Crippen LogP contribution in [0.1, 0.15) is 30.9 Å². The highest BCUT2D eigenvalue weighted by Gasteiger charge is 2.11. The number of esters is 1. The van der Waals surface area contributed by atoms with Gasteiger partial charge in [0.1, 0.15) is 5.75 Å². The molecule has 0 atom stereocenters. The van der Waals surface area contributed by atoms with Crippen molar-refractivity contribution in [2.45, 2.75) is 32.6 Å². The first-order chi connectivity index (χ1) is 8.29. The lowest BCUT2D eigenvalue weighted by atomic mass is 10.1. The van der Waals surface area contributed by atoms with Crippen molar-refractivity contribution in [2.75, 3.05) is 13.2 Å². The van der Waals surface area contributed by atoms with Gasteiger partial charge in [0.25, 0.3) is 0 Å². The highest BCUT2D eigenvalue weighted by molar-refractivity contribution is 5.69. The summed E-state index contributed by atoms with van der Waals surface area (Å²) in [5.74, 6) is 0.656. The van der Waals surface area contributed by atoms with E-state index in [1.54, 1.807) is 6.92 Å². The van der Waals surface area contributed by atoms with Gasteiger partial charge >= 0.3 is 5.97 Å². The fraction of sp³-hybridized carbons (Fsp3) is 0.500. The molecule has 0 fully saturated rings. The summed E-state index contributed by atoms with van der Waals surface area (Å²) in [6.45, 7) is 2.62. The second-order valence-electron chi connectivity index (χ2n) is 4.19. The van der Waals surface area contributed by atoms with Gasteiger partial charge in [-0.15, -0.1) is 0 Å². The van der Waals surface area contributed by atoms with Crippen LogP contribution in [0.3, 0.4) is 0 Å². The smallest absolute Gasteiger partial charge is 0.309 e. The Bertz CT molecular complexity index is 398. The standard InChI is InChI=1S/C14H18O3/c1-2-16-14(15)8-9-17-13-7-6-11-4-3-5-12(11)10-13/h6-7,10H,2-5,8-9H2,1H3. The molecule has 0 spiro atoms. The minimum Gasteiger partial charge on any atom is -0.493 e. The molecule has 3 nitrogen and oxygen atoms in total. The molecule has 1 aromatic rings. The van der Waals surface area contributed by atoms with Crippen molar-refractivity contribution in [1.29, 1.82) is 0 Å². The van der Waals surface area contributed by atoms with Crippen LogP contribution in [0.25, 0.3) is 0 Å². The molecule has 17 heavy (non-hydrogen) atoms. The summed E-state index contributed by atoms with van der Waals surface area (Å²) in [5, 5.41) is 0. The number of ether oxygens (including phenoxy) is 2. The molecule has 1 aromatic carbocycles. The first kappa shape index (κ1) is 12.0. The van der Waals surface area contributed by atoms with Crippen molar-refractivity contribution in [3.05, 3.63) is 29.3 Å². The number of hydrogen-bond acceptors (Lipinski definition) is 3. The van der Waals surface area contributed by atoms with E-state index >= 15 is 0 Å². The van der Waals surface area contributed by atoms with Crippen LogP contribution in [-0.2, 0) is 22.4 Å². The van der Waals surface area contributed by atoms with E-state index in [1.807, 2.05) is 6.07 Å². The molecular formula is C14H18O3. The van der Waals surface area contributed by atoms with Crippen molar-refractivity contribution in [2.24, 2.45) is 0 Å². The van der Waals surface area contributed by atoms with Gasteiger partial charge in [0.2, 0.25) is 0 Å². The van der Waals surface area contributed by atoms with Gasteiger partial charge in [0, 0.05) is 0 Å². The van der Waals surface area contributed by atoms with Gasteiger partial charge < -0.3 is 9.47 Å². The minimum atomic E-state index is -0.200. The number of aryl methyl sites for hydroxylation is 2.